The van der Waals surface area contributed by atoms with Crippen LogP contribution < -0.4 is 10.2 Å². The van der Waals surface area contributed by atoms with E-state index in [0.717, 1.165) is 42.3 Å². The van der Waals surface area contributed by atoms with Gasteiger partial charge in [-0.15, -0.1) is 6.42 Å². The predicted octanol–water partition coefficient (Wildman–Crippen LogP) is 3.19. The van der Waals surface area contributed by atoms with Gasteiger partial charge in [-0.05, 0) is 53.7 Å². The van der Waals surface area contributed by atoms with Gasteiger partial charge in [-0.2, -0.15) is 0 Å². The van der Waals surface area contributed by atoms with Gasteiger partial charge in [0, 0.05) is 29.3 Å². The molecule has 0 atom stereocenters. The monoisotopic (exact) mass is 335 g/mol. The van der Waals surface area contributed by atoms with E-state index < -0.39 is 0 Å². The van der Waals surface area contributed by atoms with Crippen LogP contribution in [0.1, 0.15) is 31.7 Å². The van der Waals surface area contributed by atoms with Crippen molar-refractivity contribution in [3.63, 3.8) is 0 Å². The average molecular weight is 336 g/mol. The maximum Gasteiger partial charge on any atom is 0.133 e. The summed E-state index contributed by atoms with van der Waals surface area (Å²) in [4.78, 5) is 6.84. The average Bonchev–Trinajstić information content (AvgIpc) is 3.23. The fraction of sp³-hybridized carbons (Fsp3) is 0.562. The Bertz CT molecular complexity index is 477. The van der Waals surface area contributed by atoms with Gasteiger partial charge in [0.1, 0.15) is 5.82 Å². The lowest BCUT2D eigenvalue weighted by atomic mass is 10.2. The second-order valence-electron chi connectivity index (χ2n) is 5.34. The molecule has 1 aliphatic rings. The molecule has 108 valence electrons. The summed E-state index contributed by atoms with van der Waals surface area (Å²) in [5, 5.41) is 3.45. The standard InChI is InChI=1S/C16H22BrN3/c1-3-7-18-10-14-9-15(17)11-19-16(14)20(8-4-2)12-13-5-6-13/h2,9,11,13,18H,3,5-8,10,12H2,1H3. The number of nitrogens with one attached hydrogen (secondary N) is 1. The summed E-state index contributed by atoms with van der Waals surface area (Å²) in [7, 11) is 0. The van der Waals surface area contributed by atoms with Crippen LogP contribution in [0.15, 0.2) is 16.7 Å². The highest BCUT2D eigenvalue weighted by atomic mass is 79.9. The van der Waals surface area contributed by atoms with Gasteiger partial charge in [0.05, 0.1) is 6.54 Å². The van der Waals surface area contributed by atoms with Gasteiger partial charge in [0.25, 0.3) is 0 Å². The highest BCUT2D eigenvalue weighted by Crippen LogP contribution is 2.32. The Morgan fingerprint density at radius 2 is 2.35 bits per heavy atom. The van der Waals surface area contributed by atoms with Gasteiger partial charge in [0.2, 0.25) is 0 Å². The molecule has 1 saturated carbocycles. The van der Waals surface area contributed by atoms with Crippen LogP contribution >= 0.6 is 15.9 Å². The third-order valence-electron chi connectivity index (χ3n) is 3.41. The molecular formula is C16H22BrN3. The number of aromatic nitrogens is 1. The lowest BCUT2D eigenvalue weighted by Gasteiger charge is -2.24. The van der Waals surface area contributed by atoms with E-state index >= 15 is 0 Å². The molecule has 2 rings (SSSR count). The van der Waals surface area contributed by atoms with Crippen molar-refractivity contribution in [2.24, 2.45) is 5.92 Å². The fourth-order valence-corrected chi connectivity index (χ4v) is 2.62. The van der Waals surface area contributed by atoms with Crippen LogP contribution in [-0.2, 0) is 6.54 Å². The van der Waals surface area contributed by atoms with Crippen LogP contribution in [0.2, 0.25) is 0 Å². The number of hydrogen-bond donors (Lipinski definition) is 1. The molecule has 1 N–H and O–H groups in total. The van der Waals surface area contributed by atoms with E-state index in [9.17, 15) is 0 Å². The van der Waals surface area contributed by atoms with Crippen LogP contribution in [0.4, 0.5) is 5.82 Å². The maximum atomic E-state index is 5.52. The lowest BCUT2D eigenvalue weighted by molar-refractivity contribution is 0.667. The molecule has 0 radical (unpaired) electrons. The maximum absolute atomic E-state index is 5.52. The fourth-order valence-electron chi connectivity index (χ4n) is 2.24. The predicted molar refractivity (Wildman–Crippen MR) is 87.7 cm³/mol. The summed E-state index contributed by atoms with van der Waals surface area (Å²) in [6.07, 6.45) is 11.1. The molecule has 0 spiro atoms. The number of terminal acetylenes is 1. The molecule has 0 aromatic carbocycles. The molecule has 1 aliphatic carbocycles. The molecule has 20 heavy (non-hydrogen) atoms. The largest absolute Gasteiger partial charge is 0.345 e. The van der Waals surface area contributed by atoms with Gasteiger partial charge >= 0.3 is 0 Å². The molecule has 1 heterocycles. The molecule has 0 aliphatic heterocycles. The van der Waals surface area contributed by atoms with E-state index in [4.69, 9.17) is 6.42 Å². The van der Waals surface area contributed by atoms with Gasteiger partial charge in [-0.25, -0.2) is 4.98 Å². The lowest BCUT2D eigenvalue weighted by Crippen LogP contribution is -2.29. The Balaban J connectivity index is 2.15. The molecule has 0 amide bonds. The number of anilines is 1. The molecule has 1 aromatic rings. The van der Waals surface area contributed by atoms with Crippen molar-refractivity contribution in [3.05, 3.63) is 22.3 Å². The van der Waals surface area contributed by atoms with Crippen LogP contribution in [0.5, 0.6) is 0 Å². The second-order valence-corrected chi connectivity index (χ2v) is 6.26. The number of nitrogens with zero attached hydrogens (tertiary/aromatic N) is 2. The summed E-state index contributed by atoms with van der Waals surface area (Å²) >= 11 is 3.51. The zero-order valence-corrected chi connectivity index (χ0v) is 13.6. The summed E-state index contributed by atoms with van der Waals surface area (Å²) in [6.45, 7) is 5.68. The van der Waals surface area contributed by atoms with E-state index in [1.54, 1.807) is 0 Å². The van der Waals surface area contributed by atoms with Crippen molar-refractivity contribution in [2.45, 2.75) is 32.7 Å². The van der Waals surface area contributed by atoms with Crippen LogP contribution in [0.25, 0.3) is 0 Å². The van der Waals surface area contributed by atoms with Crippen molar-refractivity contribution in [1.82, 2.24) is 10.3 Å². The van der Waals surface area contributed by atoms with Crippen molar-refractivity contribution >= 4 is 21.7 Å². The summed E-state index contributed by atoms with van der Waals surface area (Å²) in [6, 6.07) is 2.14. The number of rotatable bonds is 8. The van der Waals surface area contributed by atoms with Gasteiger partial charge < -0.3 is 10.2 Å². The topological polar surface area (TPSA) is 28.2 Å². The van der Waals surface area contributed by atoms with Gasteiger partial charge in [-0.3, -0.25) is 0 Å². The number of hydrogen-bond acceptors (Lipinski definition) is 3. The van der Waals surface area contributed by atoms with Crippen molar-refractivity contribution in [1.29, 1.82) is 0 Å². The smallest absolute Gasteiger partial charge is 0.133 e. The highest BCUT2D eigenvalue weighted by molar-refractivity contribution is 9.10. The molecule has 3 nitrogen and oxygen atoms in total. The first-order valence-electron chi connectivity index (χ1n) is 7.28. The zero-order chi connectivity index (χ0) is 14.4. The second kappa shape index (κ2) is 7.66. The Hall–Kier alpha value is -1.05. The SMILES string of the molecule is C#CCN(CC1CC1)c1ncc(Br)cc1CNCCC. The van der Waals surface area contributed by atoms with E-state index in [-0.39, 0.29) is 0 Å². The van der Waals surface area contributed by atoms with E-state index in [0.29, 0.717) is 6.54 Å². The van der Waals surface area contributed by atoms with Crippen molar-refractivity contribution < 1.29 is 0 Å². The zero-order valence-electron chi connectivity index (χ0n) is 12.0. The minimum atomic E-state index is 0.631. The first-order valence-corrected chi connectivity index (χ1v) is 8.07. The summed E-state index contributed by atoms with van der Waals surface area (Å²) in [5.74, 6) is 4.59. The molecule has 1 fully saturated rings. The van der Waals surface area contributed by atoms with E-state index in [1.807, 2.05) is 6.20 Å². The van der Waals surface area contributed by atoms with E-state index in [2.05, 4.69) is 50.0 Å². The first-order chi connectivity index (χ1) is 9.74. The minimum absolute atomic E-state index is 0.631. The Kier molecular flexibility index (Phi) is 5.87. The van der Waals surface area contributed by atoms with Gasteiger partial charge in [0.15, 0.2) is 0 Å². The van der Waals surface area contributed by atoms with Crippen LogP contribution in [-0.4, -0.2) is 24.6 Å². The van der Waals surface area contributed by atoms with Crippen molar-refractivity contribution in [2.75, 3.05) is 24.5 Å². The van der Waals surface area contributed by atoms with Crippen molar-refractivity contribution in [3.8, 4) is 12.3 Å². The number of halogens is 1. The Morgan fingerprint density at radius 3 is 3.00 bits per heavy atom. The normalized spacial score (nSPS) is 14.1. The third kappa shape index (κ3) is 4.50. The highest BCUT2D eigenvalue weighted by Gasteiger charge is 2.25. The van der Waals surface area contributed by atoms with Crippen LogP contribution in [0, 0.1) is 18.3 Å². The molecule has 0 unspecified atom stereocenters. The molecular weight excluding hydrogens is 314 g/mol. The number of pyridine rings is 1. The van der Waals surface area contributed by atoms with Crippen LogP contribution in [0.3, 0.4) is 0 Å². The first kappa shape index (κ1) is 15.3. The minimum Gasteiger partial charge on any atom is -0.345 e. The summed E-state index contributed by atoms with van der Waals surface area (Å²) in [5.41, 5.74) is 1.21. The molecule has 4 heteroatoms. The molecule has 1 aromatic heterocycles. The Morgan fingerprint density at radius 1 is 1.55 bits per heavy atom. The Labute approximate surface area is 130 Å². The molecule has 0 saturated heterocycles. The van der Waals surface area contributed by atoms with E-state index in [1.165, 1.54) is 18.4 Å². The summed E-state index contributed by atoms with van der Waals surface area (Å²) < 4.78 is 1.02. The molecule has 0 bridgehead atoms. The van der Waals surface area contributed by atoms with Gasteiger partial charge in [-0.1, -0.05) is 12.8 Å². The quantitative estimate of drug-likeness (QED) is 0.584. The third-order valence-corrected chi connectivity index (χ3v) is 3.84.